The van der Waals surface area contributed by atoms with E-state index >= 15 is 0 Å². The first-order valence-electron chi connectivity index (χ1n) is 5.11. The predicted molar refractivity (Wildman–Crippen MR) is 57.3 cm³/mol. The van der Waals surface area contributed by atoms with Crippen LogP contribution in [-0.2, 0) is 0 Å². The van der Waals surface area contributed by atoms with Gasteiger partial charge in [-0.25, -0.2) is 0 Å². The maximum atomic E-state index is 9.17. The van der Waals surface area contributed by atoms with Crippen molar-refractivity contribution < 1.29 is 5.11 Å². The van der Waals surface area contributed by atoms with Crippen molar-refractivity contribution in [3.8, 4) is 0 Å². The number of benzene rings is 1. The first kappa shape index (κ1) is 9.69. The zero-order chi connectivity index (χ0) is 10.2. The van der Waals surface area contributed by atoms with Gasteiger partial charge in [-0.1, -0.05) is 37.3 Å². The lowest BCUT2D eigenvalue weighted by Crippen LogP contribution is -2.19. The highest BCUT2D eigenvalue weighted by Crippen LogP contribution is 2.36. The van der Waals surface area contributed by atoms with Gasteiger partial charge in [-0.05, 0) is 18.4 Å². The van der Waals surface area contributed by atoms with E-state index in [1.54, 1.807) is 0 Å². The lowest BCUT2D eigenvalue weighted by atomic mass is 9.92. The van der Waals surface area contributed by atoms with E-state index in [0.29, 0.717) is 12.0 Å². The van der Waals surface area contributed by atoms with Crippen LogP contribution < -0.4 is 5.32 Å². The zero-order valence-electron chi connectivity index (χ0n) is 8.70. The molecular weight excluding hydrogens is 174 g/mol. The molecule has 0 amide bonds. The van der Waals surface area contributed by atoms with Crippen LogP contribution in [-0.4, -0.2) is 23.3 Å². The molecule has 0 aliphatic carbocycles. The van der Waals surface area contributed by atoms with Gasteiger partial charge in [-0.15, -0.1) is 0 Å². The Morgan fingerprint density at radius 2 is 2.07 bits per heavy atom. The quantitative estimate of drug-likeness (QED) is 0.711. The minimum Gasteiger partial charge on any atom is -0.394 e. The summed E-state index contributed by atoms with van der Waals surface area (Å²) in [4.78, 5) is 0. The second-order valence-corrected chi connectivity index (χ2v) is 4.40. The second kappa shape index (κ2) is 3.37. The van der Waals surface area contributed by atoms with Crippen LogP contribution in [0.25, 0.3) is 0 Å². The molecule has 0 aromatic heterocycles. The first-order valence-corrected chi connectivity index (χ1v) is 5.11. The van der Waals surface area contributed by atoms with Crippen molar-refractivity contribution in [3.05, 3.63) is 35.9 Å². The fraction of sp³-hybridized carbons (Fsp3) is 0.500. The van der Waals surface area contributed by atoms with Crippen LogP contribution in [0.2, 0.25) is 0 Å². The number of hydrogen-bond acceptors (Lipinski definition) is 2. The van der Waals surface area contributed by atoms with Crippen LogP contribution >= 0.6 is 0 Å². The molecule has 1 aliphatic heterocycles. The van der Waals surface area contributed by atoms with Crippen molar-refractivity contribution in [2.45, 2.75) is 31.3 Å². The highest BCUT2D eigenvalue weighted by Gasteiger charge is 2.51. The van der Waals surface area contributed by atoms with Gasteiger partial charge in [0.2, 0.25) is 0 Å². The highest BCUT2D eigenvalue weighted by molar-refractivity contribution is 5.27. The van der Waals surface area contributed by atoms with Crippen molar-refractivity contribution in [2.24, 2.45) is 0 Å². The monoisotopic (exact) mass is 191 g/mol. The maximum Gasteiger partial charge on any atom is 0.0626 e. The largest absolute Gasteiger partial charge is 0.394 e. The summed E-state index contributed by atoms with van der Waals surface area (Å²) < 4.78 is 0. The maximum absolute atomic E-state index is 9.17. The molecule has 1 fully saturated rings. The molecule has 0 saturated carbocycles. The van der Waals surface area contributed by atoms with Crippen molar-refractivity contribution >= 4 is 0 Å². The zero-order valence-corrected chi connectivity index (χ0v) is 8.70. The average molecular weight is 191 g/mol. The van der Waals surface area contributed by atoms with Crippen LogP contribution in [0.4, 0.5) is 0 Å². The lowest BCUT2D eigenvalue weighted by Gasteiger charge is -2.12. The van der Waals surface area contributed by atoms with E-state index in [-0.39, 0.29) is 12.1 Å². The summed E-state index contributed by atoms with van der Waals surface area (Å²) in [6.45, 7) is 4.49. The molecule has 2 N–H and O–H groups in total. The normalized spacial score (nSPS) is 32.6. The Morgan fingerprint density at radius 3 is 2.57 bits per heavy atom. The molecule has 2 nitrogen and oxygen atoms in total. The second-order valence-electron chi connectivity index (χ2n) is 4.40. The fourth-order valence-electron chi connectivity index (χ4n) is 2.08. The van der Waals surface area contributed by atoms with E-state index in [9.17, 15) is 0 Å². The molecule has 1 saturated heterocycles. The molecule has 1 aliphatic rings. The van der Waals surface area contributed by atoms with Crippen molar-refractivity contribution in [1.29, 1.82) is 0 Å². The van der Waals surface area contributed by atoms with E-state index in [2.05, 4.69) is 43.4 Å². The van der Waals surface area contributed by atoms with Gasteiger partial charge in [-0.2, -0.15) is 0 Å². The van der Waals surface area contributed by atoms with E-state index in [1.165, 1.54) is 5.56 Å². The van der Waals surface area contributed by atoms with Gasteiger partial charge in [0.25, 0.3) is 0 Å². The number of rotatable bonds is 3. The summed E-state index contributed by atoms with van der Waals surface area (Å²) in [7, 11) is 0. The van der Waals surface area contributed by atoms with E-state index in [0.717, 1.165) is 0 Å². The summed E-state index contributed by atoms with van der Waals surface area (Å²) in [5, 5.41) is 12.5. The third-order valence-corrected chi connectivity index (χ3v) is 3.24. The molecule has 3 unspecified atom stereocenters. The van der Waals surface area contributed by atoms with Gasteiger partial charge in [-0.3, -0.25) is 0 Å². The Labute approximate surface area is 85.0 Å². The first-order chi connectivity index (χ1) is 6.67. The number of hydrogen-bond donors (Lipinski definition) is 2. The van der Waals surface area contributed by atoms with E-state index < -0.39 is 0 Å². The molecule has 2 rings (SSSR count). The SMILES string of the molecule is CC(c1ccccc1)C1NC1(C)CO. The predicted octanol–water partition coefficient (Wildman–Crippen LogP) is 1.51. The smallest absolute Gasteiger partial charge is 0.0626 e. The fourth-order valence-corrected chi connectivity index (χ4v) is 2.08. The van der Waals surface area contributed by atoms with Crippen molar-refractivity contribution in [2.75, 3.05) is 6.61 Å². The van der Waals surface area contributed by atoms with Crippen molar-refractivity contribution in [1.82, 2.24) is 5.32 Å². The molecule has 0 bridgehead atoms. The van der Waals surface area contributed by atoms with Gasteiger partial charge >= 0.3 is 0 Å². The van der Waals surface area contributed by atoms with Gasteiger partial charge in [0.15, 0.2) is 0 Å². The Bertz CT molecular complexity index is 311. The summed E-state index contributed by atoms with van der Waals surface area (Å²) in [5.41, 5.74) is 1.28. The summed E-state index contributed by atoms with van der Waals surface area (Å²) in [6, 6.07) is 10.8. The molecule has 1 aromatic carbocycles. The standard InChI is InChI=1S/C12H17NO/c1-9(10-6-4-3-5-7-10)11-12(2,8-14)13-11/h3-7,9,11,13-14H,8H2,1-2H3. The van der Waals surface area contributed by atoms with Crippen LogP contribution in [0.15, 0.2) is 30.3 Å². The highest BCUT2D eigenvalue weighted by atomic mass is 16.3. The molecule has 76 valence electrons. The minimum absolute atomic E-state index is 0.0603. The topological polar surface area (TPSA) is 42.2 Å². The summed E-state index contributed by atoms with van der Waals surface area (Å²) >= 11 is 0. The van der Waals surface area contributed by atoms with E-state index in [4.69, 9.17) is 5.11 Å². The van der Waals surface area contributed by atoms with Gasteiger partial charge in [0.05, 0.1) is 12.1 Å². The van der Waals surface area contributed by atoms with Gasteiger partial charge < -0.3 is 10.4 Å². The number of aliphatic hydroxyl groups is 1. The summed E-state index contributed by atoms with van der Waals surface area (Å²) in [6.07, 6.45) is 0. The third kappa shape index (κ3) is 1.56. The van der Waals surface area contributed by atoms with Crippen LogP contribution in [0.3, 0.4) is 0 Å². The van der Waals surface area contributed by atoms with Gasteiger partial charge in [0, 0.05) is 6.04 Å². The third-order valence-electron chi connectivity index (χ3n) is 3.24. The molecule has 0 spiro atoms. The molecule has 14 heavy (non-hydrogen) atoms. The Kier molecular flexibility index (Phi) is 2.33. The van der Waals surface area contributed by atoms with Gasteiger partial charge in [0.1, 0.15) is 0 Å². The number of aliphatic hydroxyl groups excluding tert-OH is 1. The Balaban J connectivity index is 2.08. The van der Waals surface area contributed by atoms with Crippen LogP contribution in [0.5, 0.6) is 0 Å². The molecular formula is C12H17NO. The summed E-state index contributed by atoms with van der Waals surface area (Å²) in [5.74, 6) is 0.466. The van der Waals surface area contributed by atoms with E-state index in [1.807, 2.05) is 6.07 Å². The lowest BCUT2D eigenvalue weighted by molar-refractivity contribution is 0.253. The molecule has 2 heteroatoms. The minimum atomic E-state index is -0.0603. The average Bonchev–Trinajstić information content (AvgIpc) is 2.92. The Morgan fingerprint density at radius 1 is 1.43 bits per heavy atom. The molecule has 3 atom stereocenters. The molecule has 1 heterocycles. The molecule has 0 radical (unpaired) electrons. The Hall–Kier alpha value is -0.860. The van der Waals surface area contributed by atoms with Crippen LogP contribution in [0, 0.1) is 0 Å². The van der Waals surface area contributed by atoms with Crippen LogP contribution in [0.1, 0.15) is 25.3 Å². The van der Waals surface area contributed by atoms with Crippen molar-refractivity contribution in [3.63, 3.8) is 0 Å². The number of nitrogens with one attached hydrogen (secondary N) is 1. The molecule has 1 aromatic rings.